The number of carbonyl (C=O) groups is 2. The summed E-state index contributed by atoms with van der Waals surface area (Å²) in [7, 11) is 0. The summed E-state index contributed by atoms with van der Waals surface area (Å²) < 4.78 is 0. The molecule has 2 atom stereocenters. The Morgan fingerprint density at radius 3 is 2.83 bits per heavy atom. The van der Waals surface area contributed by atoms with Crippen molar-refractivity contribution in [1.29, 1.82) is 0 Å². The van der Waals surface area contributed by atoms with Crippen LogP contribution in [0.4, 0.5) is 5.69 Å². The Labute approximate surface area is 143 Å². The average molecular weight is 330 g/mol. The highest BCUT2D eigenvalue weighted by Crippen LogP contribution is 2.28. The van der Waals surface area contributed by atoms with Crippen LogP contribution < -0.4 is 10.2 Å². The molecule has 1 aromatic carbocycles. The van der Waals surface area contributed by atoms with Crippen LogP contribution in [0, 0.1) is 5.92 Å². The smallest absolute Gasteiger partial charge is 0.227 e. The molecule has 1 aliphatic carbocycles. The van der Waals surface area contributed by atoms with E-state index in [4.69, 9.17) is 0 Å². The van der Waals surface area contributed by atoms with Crippen molar-refractivity contribution in [3.63, 3.8) is 0 Å². The zero-order valence-corrected chi connectivity index (χ0v) is 14.0. The van der Waals surface area contributed by atoms with Crippen LogP contribution in [-0.4, -0.2) is 36.1 Å². The van der Waals surface area contributed by atoms with Gasteiger partial charge in [-0.05, 0) is 30.9 Å². The lowest BCUT2D eigenvalue weighted by Crippen LogP contribution is -2.45. The summed E-state index contributed by atoms with van der Waals surface area (Å²) in [6.07, 6.45) is 5.71. The second-order valence-corrected chi connectivity index (χ2v) is 6.83. The molecule has 2 unspecified atom stereocenters. The molecule has 3 rings (SSSR count). The van der Waals surface area contributed by atoms with E-state index >= 15 is 0 Å². The van der Waals surface area contributed by atoms with Crippen LogP contribution >= 0.6 is 0 Å². The van der Waals surface area contributed by atoms with E-state index in [2.05, 4.69) is 5.32 Å². The lowest BCUT2D eigenvalue weighted by Gasteiger charge is -2.32. The van der Waals surface area contributed by atoms with Crippen molar-refractivity contribution in [2.75, 3.05) is 18.1 Å². The van der Waals surface area contributed by atoms with Crippen molar-refractivity contribution in [2.45, 2.75) is 51.0 Å². The molecule has 0 aromatic heterocycles. The first kappa shape index (κ1) is 17.0. The lowest BCUT2D eigenvalue weighted by atomic mass is 9.85. The van der Waals surface area contributed by atoms with Gasteiger partial charge in [0, 0.05) is 43.6 Å². The van der Waals surface area contributed by atoms with Gasteiger partial charge in [0.1, 0.15) is 0 Å². The summed E-state index contributed by atoms with van der Waals surface area (Å²) in [5.41, 5.74) is 2.11. The van der Waals surface area contributed by atoms with Gasteiger partial charge in [-0.2, -0.15) is 0 Å². The molecule has 5 nitrogen and oxygen atoms in total. The highest BCUT2D eigenvalue weighted by atomic mass is 16.3. The molecule has 2 aliphatic rings. The maximum atomic E-state index is 12.3. The molecule has 2 N–H and O–H groups in total. The van der Waals surface area contributed by atoms with Gasteiger partial charge in [-0.1, -0.05) is 31.0 Å². The molecule has 0 saturated heterocycles. The van der Waals surface area contributed by atoms with Gasteiger partial charge in [0.05, 0.1) is 0 Å². The standard InChI is InChI=1S/C19H26N2O3/c22-13-15-6-1-3-7-16(15)20-18(23)11-12-21-17-8-4-2-5-14(17)9-10-19(21)24/h2,4-5,8,15-16,22H,1,3,6-7,9-13H2,(H,20,23). The molecule has 1 fully saturated rings. The number of hydrogen-bond donors (Lipinski definition) is 2. The fraction of sp³-hybridized carbons (Fsp3) is 0.579. The maximum absolute atomic E-state index is 12.3. The van der Waals surface area contributed by atoms with Crippen LogP contribution in [0.2, 0.25) is 0 Å². The van der Waals surface area contributed by atoms with Gasteiger partial charge in [-0.25, -0.2) is 0 Å². The van der Waals surface area contributed by atoms with Crippen LogP contribution in [0.25, 0.3) is 0 Å². The first-order valence-corrected chi connectivity index (χ1v) is 8.97. The van der Waals surface area contributed by atoms with Gasteiger partial charge in [-0.3, -0.25) is 9.59 Å². The van der Waals surface area contributed by atoms with Crippen LogP contribution in [0.1, 0.15) is 44.1 Å². The molecule has 0 radical (unpaired) electrons. The van der Waals surface area contributed by atoms with E-state index in [1.807, 2.05) is 24.3 Å². The number of aryl methyl sites for hydroxylation is 1. The third-order valence-corrected chi connectivity index (χ3v) is 5.24. The number of nitrogens with zero attached hydrogens (tertiary/aromatic N) is 1. The predicted octanol–water partition coefficient (Wildman–Crippen LogP) is 2.02. The Morgan fingerprint density at radius 1 is 1.21 bits per heavy atom. The van der Waals surface area contributed by atoms with Crippen molar-refractivity contribution >= 4 is 17.5 Å². The molecular weight excluding hydrogens is 304 g/mol. The van der Waals surface area contributed by atoms with Gasteiger partial charge in [0.2, 0.25) is 11.8 Å². The van der Waals surface area contributed by atoms with Crippen LogP contribution in [0.15, 0.2) is 24.3 Å². The van der Waals surface area contributed by atoms with E-state index in [1.165, 1.54) is 5.56 Å². The first-order chi connectivity index (χ1) is 11.7. The van der Waals surface area contributed by atoms with E-state index < -0.39 is 0 Å². The number of nitrogens with one attached hydrogen (secondary N) is 1. The number of para-hydroxylation sites is 1. The number of aliphatic hydroxyl groups excluding tert-OH is 1. The fourth-order valence-electron chi connectivity index (χ4n) is 3.85. The van der Waals surface area contributed by atoms with Gasteiger partial charge in [-0.15, -0.1) is 0 Å². The molecule has 1 aromatic rings. The second kappa shape index (κ2) is 7.79. The monoisotopic (exact) mass is 330 g/mol. The number of rotatable bonds is 5. The van der Waals surface area contributed by atoms with Gasteiger partial charge in [0.15, 0.2) is 0 Å². The first-order valence-electron chi connectivity index (χ1n) is 8.97. The van der Waals surface area contributed by atoms with Crippen molar-refractivity contribution in [3.8, 4) is 0 Å². The Kier molecular flexibility index (Phi) is 5.51. The van der Waals surface area contributed by atoms with Gasteiger partial charge in [0.25, 0.3) is 0 Å². The Morgan fingerprint density at radius 2 is 2.00 bits per heavy atom. The number of fused-ring (bicyclic) bond motifs is 1. The lowest BCUT2D eigenvalue weighted by molar-refractivity contribution is -0.122. The second-order valence-electron chi connectivity index (χ2n) is 6.83. The highest BCUT2D eigenvalue weighted by molar-refractivity contribution is 5.97. The molecule has 24 heavy (non-hydrogen) atoms. The summed E-state index contributed by atoms with van der Waals surface area (Å²) >= 11 is 0. The van der Waals surface area contributed by atoms with E-state index in [0.717, 1.165) is 37.8 Å². The molecule has 1 aliphatic heterocycles. The normalized spacial score (nSPS) is 23.7. The molecule has 0 bridgehead atoms. The predicted molar refractivity (Wildman–Crippen MR) is 92.7 cm³/mol. The molecule has 1 saturated carbocycles. The van der Waals surface area contributed by atoms with Crippen molar-refractivity contribution in [2.24, 2.45) is 5.92 Å². The van der Waals surface area contributed by atoms with E-state index in [1.54, 1.807) is 4.90 Å². The van der Waals surface area contributed by atoms with Crippen molar-refractivity contribution in [1.82, 2.24) is 5.32 Å². The Balaban J connectivity index is 1.57. The Hall–Kier alpha value is -1.88. The van der Waals surface area contributed by atoms with Crippen LogP contribution in [0.5, 0.6) is 0 Å². The average Bonchev–Trinajstić information content (AvgIpc) is 2.61. The molecule has 0 spiro atoms. The highest BCUT2D eigenvalue weighted by Gasteiger charge is 2.27. The zero-order valence-electron chi connectivity index (χ0n) is 14.0. The van der Waals surface area contributed by atoms with Crippen LogP contribution in [0.3, 0.4) is 0 Å². The Bertz CT molecular complexity index is 602. The molecule has 5 heteroatoms. The van der Waals surface area contributed by atoms with Gasteiger partial charge < -0.3 is 15.3 Å². The number of aliphatic hydroxyl groups is 1. The SMILES string of the molecule is O=C(CCN1C(=O)CCc2ccccc21)NC1CCCCC1CO. The minimum absolute atomic E-state index is 0.0313. The minimum Gasteiger partial charge on any atom is -0.396 e. The van der Waals surface area contributed by atoms with Gasteiger partial charge >= 0.3 is 0 Å². The minimum atomic E-state index is -0.0313. The van der Waals surface area contributed by atoms with Crippen molar-refractivity contribution in [3.05, 3.63) is 29.8 Å². The van der Waals surface area contributed by atoms with E-state index in [9.17, 15) is 14.7 Å². The quantitative estimate of drug-likeness (QED) is 0.868. The summed E-state index contributed by atoms with van der Waals surface area (Å²) in [6.45, 7) is 0.543. The number of anilines is 1. The number of amides is 2. The summed E-state index contributed by atoms with van der Waals surface area (Å²) in [6, 6.07) is 7.98. The van der Waals surface area contributed by atoms with Crippen LogP contribution in [-0.2, 0) is 16.0 Å². The molecule has 2 amide bonds. The molecule has 130 valence electrons. The third kappa shape index (κ3) is 3.78. The molecular formula is C19H26N2O3. The maximum Gasteiger partial charge on any atom is 0.227 e. The fourth-order valence-corrected chi connectivity index (χ4v) is 3.85. The van der Waals surface area contributed by atoms with E-state index in [-0.39, 0.29) is 30.4 Å². The number of hydrogen-bond acceptors (Lipinski definition) is 3. The number of carbonyl (C=O) groups excluding carboxylic acids is 2. The topological polar surface area (TPSA) is 69.6 Å². The summed E-state index contributed by atoms with van der Waals surface area (Å²) in [5.74, 6) is 0.226. The number of benzene rings is 1. The summed E-state index contributed by atoms with van der Waals surface area (Å²) in [4.78, 5) is 26.3. The third-order valence-electron chi connectivity index (χ3n) is 5.24. The van der Waals surface area contributed by atoms with E-state index in [0.29, 0.717) is 19.4 Å². The zero-order chi connectivity index (χ0) is 16.9. The largest absolute Gasteiger partial charge is 0.396 e. The summed E-state index contributed by atoms with van der Waals surface area (Å²) in [5, 5.41) is 12.5. The molecule has 1 heterocycles. The van der Waals surface area contributed by atoms with Crippen molar-refractivity contribution < 1.29 is 14.7 Å².